The number of benzene rings is 1. The maximum Gasteiger partial charge on any atom is 0.159 e. The SMILES string of the molecule is OCC[C@H]1CN(Cc2ccsc2)CCN1Cc1ccc(F)c(F)c1. The minimum absolute atomic E-state index is 0.130. The summed E-state index contributed by atoms with van der Waals surface area (Å²) in [4.78, 5) is 4.65. The van der Waals surface area contributed by atoms with E-state index in [-0.39, 0.29) is 12.6 Å². The number of piperazine rings is 1. The van der Waals surface area contributed by atoms with Gasteiger partial charge >= 0.3 is 0 Å². The maximum atomic E-state index is 13.4. The number of thiophene rings is 1. The molecule has 24 heavy (non-hydrogen) atoms. The molecular formula is C18H22F2N2OS. The monoisotopic (exact) mass is 352 g/mol. The number of aliphatic hydroxyl groups is 1. The van der Waals surface area contributed by atoms with E-state index < -0.39 is 11.6 Å². The minimum Gasteiger partial charge on any atom is -0.396 e. The minimum atomic E-state index is -0.814. The first-order chi connectivity index (χ1) is 11.7. The molecule has 0 aliphatic carbocycles. The van der Waals surface area contributed by atoms with Crippen LogP contribution in [0.3, 0.4) is 0 Å². The van der Waals surface area contributed by atoms with Crippen molar-refractivity contribution in [2.45, 2.75) is 25.6 Å². The van der Waals surface area contributed by atoms with Crippen LogP contribution in [0.2, 0.25) is 0 Å². The first-order valence-electron chi connectivity index (χ1n) is 8.18. The predicted octanol–water partition coefficient (Wildman–Crippen LogP) is 3.10. The maximum absolute atomic E-state index is 13.4. The molecule has 2 aromatic rings. The third-order valence-corrected chi connectivity index (χ3v) is 5.24. The Morgan fingerprint density at radius 1 is 1.08 bits per heavy atom. The fraction of sp³-hybridized carbons (Fsp3) is 0.444. The fourth-order valence-corrected chi connectivity index (χ4v) is 3.91. The fourth-order valence-electron chi connectivity index (χ4n) is 3.25. The van der Waals surface area contributed by atoms with Crippen LogP contribution in [0.4, 0.5) is 8.78 Å². The summed E-state index contributed by atoms with van der Waals surface area (Å²) in [5.74, 6) is -1.62. The lowest BCUT2D eigenvalue weighted by Gasteiger charge is -2.41. The standard InChI is InChI=1S/C18H22F2N2OS/c19-17-2-1-14(9-18(17)20)11-22-6-5-21(12-16(22)3-7-23)10-15-4-8-24-13-15/h1-2,4,8-9,13,16,23H,3,5-7,10-12H2/t16-/m0/s1. The first-order valence-corrected chi connectivity index (χ1v) is 9.12. The Morgan fingerprint density at radius 2 is 1.96 bits per heavy atom. The Hall–Kier alpha value is -1.34. The van der Waals surface area contributed by atoms with Gasteiger partial charge in [0.2, 0.25) is 0 Å². The number of hydrogen-bond donors (Lipinski definition) is 1. The molecule has 1 aliphatic heterocycles. The van der Waals surface area contributed by atoms with E-state index in [2.05, 4.69) is 26.6 Å². The molecule has 6 heteroatoms. The summed E-state index contributed by atoms with van der Waals surface area (Å²) in [6.07, 6.45) is 0.684. The molecule has 1 aliphatic rings. The molecule has 0 saturated carbocycles. The summed E-state index contributed by atoms with van der Waals surface area (Å²) in [5.41, 5.74) is 2.08. The van der Waals surface area contributed by atoms with Gasteiger partial charge in [0.15, 0.2) is 11.6 Å². The number of aliphatic hydroxyl groups excluding tert-OH is 1. The predicted molar refractivity (Wildman–Crippen MR) is 91.9 cm³/mol. The van der Waals surface area contributed by atoms with E-state index in [9.17, 15) is 13.9 Å². The van der Waals surface area contributed by atoms with Crippen LogP contribution >= 0.6 is 11.3 Å². The molecule has 1 N–H and O–H groups in total. The normalized spacial score (nSPS) is 19.7. The third kappa shape index (κ3) is 4.39. The molecule has 1 aromatic carbocycles. The number of hydrogen-bond acceptors (Lipinski definition) is 4. The van der Waals surface area contributed by atoms with Gasteiger partial charge in [0, 0.05) is 45.4 Å². The van der Waals surface area contributed by atoms with Crippen molar-refractivity contribution in [3.8, 4) is 0 Å². The van der Waals surface area contributed by atoms with Gasteiger partial charge in [-0.25, -0.2) is 8.78 Å². The average molecular weight is 352 g/mol. The molecule has 1 atom stereocenters. The van der Waals surface area contributed by atoms with Gasteiger partial charge in [-0.15, -0.1) is 0 Å². The number of halogens is 2. The van der Waals surface area contributed by atoms with Crippen molar-refractivity contribution in [3.63, 3.8) is 0 Å². The Bertz CT molecular complexity index is 650. The smallest absolute Gasteiger partial charge is 0.159 e. The lowest BCUT2D eigenvalue weighted by molar-refractivity contribution is 0.0499. The number of nitrogens with zero attached hydrogens (tertiary/aromatic N) is 2. The van der Waals surface area contributed by atoms with Crippen LogP contribution in [0.5, 0.6) is 0 Å². The second-order valence-corrected chi connectivity index (χ2v) is 7.03. The zero-order chi connectivity index (χ0) is 16.9. The number of rotatable bonds is 6. The zero-order valence-corrected chi connectivity index (χ0v) is 14.3. The van der Waals surface area contributed by atoms with Gasteiger partial charge in [-0.2, -0.15) is 11.3 Å². The average Bonchev–Trinajstić information content (AvgIpc) is 3.07. The zero-order valence-electron chi connectivity index (χ0n) is 13.5. The molecule has 2 heterocycles. The lowest BCUT2D eigenvalue weighted by atomic mass is 10.1. The highest BCUT2D eigenvalue weighted by atomic mass is 32.1. The molecule has 1 saturated heterocycles. The van der Waals surface area contributed by atoms with Gasteiger partial charge in [-0.3, -0.25) is 9.80 Å². The Balaban J connectivity index is 1.63. The van der Waals surface area contributed by atoms with Gasteiger partial charge in [0.25, 0.3) is 0 Å². The van der Waals surface area contributed by atoms with Crippen molar-refractivity contribution in [1.29, 1.82) is 0 Å². The molecular weight excluding hydrogens is 330 g/mol. The molecule has 0 amide bonds. The van der Waals surface area contributed by atoms with E-state index >= 15 is 0 Å². The topological polar surface area (TPSA) is 26.7 Å². The van der Waals surface area contributed by atoms with E-state index in [4.69, 9.17) is 0 Å². The summed E-state index contributed by atoms with van der Waals surface area (Å²) in [7, 11) is 0. The van der Waals surface area contributed by atoms with Crippen molar-refractivity contribution in [2.24, 2.45) is 0 Å². The molecule has 3 rings (SSSR count). The summed E-state index contributed by atoms with van der Waals surface area (Å²) in [5, 5.41) is 13.6. The van der Waals surface area contributed by atoms with Crippen LogP contribution in [-0.4, -0.2) is 47.2 Å². The van der Waals surface area contributed by atoms with Gasteiger partial charge < -0.3 is 5.11 Å². The Kier molecular flexibility index (Phi) is 5.94. The molecule has 3 nitrogen and oxygen atoms in total. The summed E-state index contributed by atoms with van der Waals surface area (Å²) in [6.45, 7) is 4.29. The molecule has 0 bridgehead atoms. The van der Waals surface area contributed by atoms with E-state index in [0.717, 1.165) is 31.7 Å². The van der Waals surface area contributed by atoms with Crippen LogP contribution in [0.15, 0.2) is 35.0 Å². The Morgan fingerprint density at radius 3 is 2.67 bits per heavy atom. The van der Waals surface area contributed by atoms with Crippen LogP contribution in [0.1, 0.15) is 17.5 Å². The van der Waals surface area contributed by atoms with Crippen LogP contribution < -0.4 is 0 Å². The lowest BCUT2D eigenvalue weighted by Crippen LogP contribution is -2.52. The van der Waals surface area contributed by atoms with E-state index in [0.29, 0.717) is 13.0 Å². The molecule has 0 radical (unpaired) electrons. The second-order valence-electron chi connectivity index (χ2n) is 6.25. The van der Waals surface area contributed by atoms with Crippen LogP contribution in [0, 0.1) is 11.6 Å². The molecule has 0 spiro atoms. The Labute approximate surface area is 145 Å². The van der Waals surface area contributed by atoms with Gasteiger partial charge in [0.1, 0.15) is 0 Å². The third-order valence-electron chi connectivity index (χ3n) is 4.51. The summed E-state index contributed by atoms with van der Waals surface area (Å²) in [6, 6.07) is 6.43. The van der Waals surface area contributed by atoms with Crippen molar-refractivity contribution >= 4 is 11.3 Å². The van der Waals surface area contributed by atoms with Crippen molar-refractivity contribution in [2.75, 3.05) is 26.2 Å². The molecule has 130 valence electrons. The highest BCUT2D eigenvalue weighted by molar-refractivity contribution is 7.07. The van der Waals surface area contributed by atoms with E-state index in [1.54, 1.807) is 17.4 Å². The quantitative estimate of drug-likeness (QED) is 0.865. The second kappa shape index (κ2) is 8.16. The van der Waals surface area contributed by atoms with Gasteiger partial charge in [0.05, 0.1) is 0 Å². The van der Waals surface area contributed by atoms with Crippen molar-refractivity contribution in [1.82, 2.24) is 9.80 Å². The van der Waals surface area contributed by atoms with Crippen molar-refractivity contribution in [3.05, 3.63) is 57.8 Å². The van der Waals surface area contributed by atoms with E-state index in [1.165, 1.54) is 17.7 Å². The highest BCUT2D eigenvalue weighted by Crippen LogP contribution is 2.20. The largest absolute Gasteiger partial charge is 0.396 e. The van der Waals surface area contributed by atoms with Crippen molar-refractivity contribution < 1.29 is 13.9 Å². The van der Waals surface area contributed by atoms with Gasteiger partial charge in [-0.1, -0.05) is 6.07 Å². The first kappa shape index (κ1) is 17.5. The summed E-state index contributed by atoms with van der Waals surface area (Å²) < 4.78 is 26.5. The van der Waals surface area contributed by atoms with Crippen LogP contribution in [0.25, 0.3) is 0 Å². The van der Waals surface area contributed by atoms with Gasteiger partial charge in [-0.05, 0) is 46.5 Å². The molecule has 1 aromatic heterocycles. The highest BCUT2D eigenvalue weighted by Gasteiger charge is 2.26. The van der Waals surface area contributed by atoms with E-state index in [1.807, 2.05) is 0 Å². The molecule has 1 fully saturated rings. The summed E-state index contributed by atoms with van der Waals surface area (Å²) >= 11 is 1.70. The van der Waals surface area contributed by atoms with Crippen LogP contribution in [-0.2, 0) is 13.1 Å². The molecule has 0 unspecified atom stereocenters.